The number of rotatable bonds is 6. The van der Waals surface area contributed by atoms with Crippen LogP contribution in [0.4, 0.5) is 0 Å². The molecule has 0 atom stereocenters. The van der Waals surface area contributed by atoms with Gasteiger partial charge in [-0.3, -0.25) is 9.59 Å². The minimum absolute atomic E-state index is 0. The van der Waals surface area contributed by atoms with Crippen LogP contribution in [0.1, 0.15) is 22.3 Å². The molecule has 0 aliphatic carbocycles. The van der Waals surface area contributed by atoms with E-state index >= 15 is 0 Å². The molecule has 0 radical (unpaired) electrons. The summed E-state index contributed by atoms with van der Waals surface area (Å²) in [6.45, 7) is 0. The van der Waals surface area contributed by atoms with Gasteiger partial charge in [0.25, 0.3) is 0 Å². The van der Waals surface area contributed by atoms with Crippen molar-refractivity contribution in [1.29, 1.82) is 0 Å². The first-order valence-electron chi connectivity index (χ1n) is 10.7. The Hall–Kier alpha value is -3.59. The summed E-state index contributed by atoms with van der Waals surface area (Å²) in [6.07, 6.45) is 2.70. The van der Waals surface area contributed by atoms with Crippen molar-refractivity contribution < 1.29 is 66.4 Å². The van der Waals surface area contributed by atoms with Crippen molar-refractivity contribution in [3.05, 3.63) is 156 Å². The summed E-state index contributed by atoms with van der Waals surface area (Å²) in [5.74, 6) is 0.192. The van der Waals surface area contributed by atoms with Gasteiger partial charge >= 0.3 is 47.2 Å². The molecule has 0 bridgehead atoms. The topological polar surface area (TPSA) is 143 Å². The number of hydrogen-bond acceptors (Lipinski definition) is 4. The van der Waals surface area contributed by atoms with Gasteiger partial charge in [0.1, 0.15) is 11.5 Å². The zero-order valence-electron chi connectivity index (χ0n) is 20.0. The third kappa shape index (κ3) is 10.9. The Balaban J connectivity index is 0.000000648. The van der Waals surface area contributed by atoms with E-state index in [1.165, 1.54) is 12.2 Å². The molecule has 6 N–H and O–H groups in total. The van der Waals surface area contributed by atoms with Gasteiger partial charge < -0.3 is 21.2 Å². The van der Waals surface area contributed by atoms with Gasteiger partial charge in [-0.05, 0) is 24.3 Å². The van der Waals surface area contributed by atoms with Crippen LogP contribution in [-0.4, -0.2) is 42.3 Å². The Morgan fingerprint density at radius 3 is 0.892 bits per heavy atom. The predicted molar refractivity (Wildman–Crippen MR) is 143 cm³/mol. The molecule has 0 amide bonds. The van der Waals surface area contributed by atoms with Crippen molar-refractivity contribution in [1.82, 2.24) is 0 Å². The zero-order valence-corrected chi connectivity index (χ0v) is 23.6. The summed E-state index contributed by atoms with van der Waals surface area (Å²) in [4.78, 5) is 19.7. The quantitative estimate of drug-likeness (QED) is 0.117. The summed E-state index contributed by atoms with van der Waals surface area (Å²) >= 11 is 0. The van der Waals surface area contributed by atoms with E-state index in [1.54, 1.807) is 48.5 Å². The van der Waals surface area contributed by atoms with E-state index in [4.69, 9.17) is 0 Å². The Morgan fingerprint density at radius 1 is 0.432 bits per heavy atom. The van der Waals surface area contributed by atoms with E-state index in [2.05, 4.69) is 0 Å². The number of aliphatic hydroxyl groups is 2. The third-order valence-electron chi connectivity index (χ3n) is 4.83. The average molecular weight is 623 g/mol. The molecule has 4 rings (SSSR count). The molecule has 0 heterocycles. The molecule has 184 valence electrons. The van der Waals surface area contributed by atoms with Gasteiger partial charge in [-0.1, -0.05) is 97.1 Å². The van der Waals surface area contributed by atoms with Crippen LogP contribution in [0.25, 0.3) is 11.5 Å². The molecule has 0 saturated heterocycles. The zero-order chi connectivity index (χ0) is 24.2. The van der Waals surface area contributed by atoms with Crippen LogP contribution in [0.3, 0.4) is 0 Å². The van der Waals surface area contributed by atoms with E-state index in [9.17, 15) is 19.8 Å². The minimum atomic E-state index is 0. The van der Waals surface area contributed by atoms with Crippen molar-refractivity contribution in [3.63, 3.8) is 0 Å². The smallest absolute Gasteiger partial charge is 0.870 e. The van der Waals surface area contributed by atoms with Gasteiger partial charge in [0.2, 0.25) is 0 Å². The van der Waals surface area contributed by atoms with Crippen molar-refractivity contribution in [2.24, 2.45) is 0 Å². The fraction of sp³-hybridized carbons (Fsp3) is 0. The van der Waals surface area contributed by atoms with Gasteiger partial charge in [-0.2, -0.15) is 0 Å². The molecule has 0 fully saturated rings. The third-order valence-corrected chi connectivity index (χ3v) is 4.83. The first kappa shape index (κ1) is 33.4. The Labute approximate surface area is 243 Å². The van der Waals surface area contributed by atoms with Gasteiger partial charge in [0.15, 0.2) is 0 Å². The number of benzene rings is 4. The van der Waals surface area contributed by atoms with Gasteiger partial charge in [0.05, 0.1) is 23.3 Å². The number of aliphatic hydroxyl groups excluding tert-OH is 2. The second-order valence-corrected chi connectivity index (χ2v) is 7.29. The first-order chi connectivity index (χ1) is 16.5. The van der Waals surface area contributed by atoms with E-state index in [-0.39, 0.29) is 69.6 Å². The molecule has 7 heteroatoms. The average Bonchev–Trinajstić information content (AvgIpc) is 2.91. The standard InChI is InChI=1S/2C15H12O2.La.2H2O/c2*16-14(12-7-3-1-4-8-12)11-15(17)13-9-5-2-6-10-13;;;/h2*1-11,16H;;2*1H2/q;;+3;;/b2*14-11-;;;. The van der Waals surface area contributed by atoms with Crippen molar-refractivity contribution in [2.45, 2.75) is 0 Å². The SMILES string of the molecule is O/C(=C\C(=[OH+])c1ccccc1)c1ccccc1.O/C(=C\C(=[OH+])c1ccccc1)c1ccccc1.[La+3].[OH-].[OH-]. The van der Waals surface area contributed by atoms with Crippen LogP contribution in [0, 0.1) is 35.6 Å². The Morgan fingerprint density at radius 2 is 0.649 bits per heavy atom. The fourth-order valence-corrected chi connectivity index (χ4v) is 3.03. The predicted octanol–water partition coefficient (Wildman–Crippen LogP) is 6.00. The van der Waals surface area contributed by atoms with Crippen LogP contribution in [0.15, 0.2) is 133 Å². The van der Waals surface area contributed by atoms with Crippen molar-refractivity contribution in [2.75, 3.05) is 0 Å². The molecule has 0 aromatic heterocycles. The summed E-state index contributed by atoms with van der Waals surface area (Å²) in [5.41, 5.74) is 2.70. The van der Waals surface area contributed by atoms with E-state index in [1.807, 2.05) is 72.8 Å². The summed E-state index contributed by atoms with van der Waals surface area (Å²) in [7, 11) is 0. The minimum Gasteiger partial charge on any atom is -0.870 e. The molecular formula is C30H28LaO6+3. The molecular weight excluding hydrogens is 595 g/mol. The van der Waals surface area contributed by atoms with Gasteiger partial charge in [-0.25, -0.2) is 0 Å². The normalized spacial score (nSPS) is 10.3. The van der Waals surface area contributed by atoms with E-state index < -0.39 is 0 Å². The van der Waals surface area contributed by atoms with Crippen LogP contribution < -0.4 is 0 Å². The van der Waals surface area contributed by atoms with Gasteiger partial charge in [0, 0.05) is 11.1 Å². The second-order valence-electron chi connectivity index (χ2n) is 7.29. The maximum atomic E-state index is 9.83. The number of allylic oxidation sites excluding steroid dienone is 2. The van der Waals surface area contributed by atoms with Crippen LogP contribution in [-0.2, 0) is 0 Å². The number of carbonyl (C=O) groups excluding carboxylic acids is 2. The summed E-state index contributed by atoms with van der Waals surface area (Å²) < 4.78 is 0. The molecule has 6 nitrogen and oxygen atoms in total. The van der Waals surface area contributed by atoms with Gasteiger partial charge in [-0.15, -0.1) is 0 Å². The summed E-state index contributed by atoms with van der Waals surface area (Å²) in [6, 6.07) is 36.4. The first-order valence-corrected chi connectivity index (χ1v) is 10.7. The molecule has 0 aliphatic heterocycles. The molecule has 0 spiro atoms. The molecule has 4 aromatic carbocycles. The molecule has 4 aromatic rings. The van der Waals surface area contributed by atoms with E-state index in [0.29, 0.717) is 22.3 Å². The molecule has 0 saturated carbocycles. The molecule has 0 unspecified atom stereocenters. The monoisotopic (exact) mass is 623 g/mol. The maximum Gasteiger partial charge on any atom is 3.00 e. The number of ketones is 2. The largest absolute Gasteiger partial charge is 3.00 e. The molecule has 37 heavy (non-hydrogen) atoms. The van der Waals surface area contributed by atoms with Crippen LogP contribution >= 0.6 is 0 Å². The second kappa shape index (κ2) is 17.8. The fourth-order valence-electron chi connectivity index (χ4n) is 3.03. The Bertz CT molecular complexity index is 1170. The van der Waals surface area contributed by atoms with Crippen molar-refractivity contribution >= 4 is 23.1 Å². The molecule has 0 aliphatic rings. The van der Waals surface area contributed by atoms with E-state index in [0.717, 1.165) is 0 Å². The maximum absolute atomic E-state index is 9.83. The van der Waals surface area contributed by atoms with Crippen molar-refractivity contribution in [3.8, 4) is 0 Å². The van der Waals surface area contributed by atoms with Crippen LogP contribution in [0.5, 0.6) is 0 Å². The van der Waals surface area contributed by atoms with Crippen LogP contribution in [0.2, 0.25) is 0 Å². The number of hydrogen-bond donors (Lipinski definition) is 2. The summed E-state index contributed by atoms with van der Waals surface area (Å²) in [5, 5.41) is 19.7. The Kier molecular flexibility index (Phi) is 16.1.